The van der Waals surface area contributed by atoms with E-state index in [1.807, 2.05) is 0 Å². The van der Waals surface area contributed by atoms with Crippen molar-refractivity contribution in [3.63, 3.8) is 0 Å². The van der Waals surface area contributed by atoms with Crippen LogP contribution in [0.25, 0.3) is 0 Å². The van der Waals surface area contributed by atoms with Gasteiger partial charge < -0.3 is 21.5 Å². The van der Waals surface area contributed by atoms with Crippen LogP contribution in [-0.2, 0) is 0 Å². The highest BCUT2D eigenvalue weighted by atomic mass is 19.4. The van der Waals surface area contributed by atoms with Crippen molar-refractivity contribution in [2.75, 3.05) is 18.1 Å². The molecule has 1 saturated carbocycles. The fourth-order valence-corrected chi connectivity index (χ4v) is 2.77. The van der Waals surface area contributed by atoms with Gasteiger partial charge in [0.15, 0.2) is 12.4 Å². The Kier molecular flexibility index (Phi) is 6.09. The van der Waals surface area contributed by atoms with Gasteiger partial charge >= 0.3 is 6.18 Å². The zero-order valence-electron chi connectivity index (χ0n) is 13.7. The van der Waals surface area contributed by atoms with E-state index in [1.54, 1.807) is 0 Å². The first-order chi connectivity index (χ1) is 12.1. The summed E-state index contributed by atoms with van der Waals surface area (Å²) in [5, 5.41) is 2.57. The Morgan fingerprint density at radius 3 is 2.42 bits per heavy atom. The van der Waals surface area contributed by atoms with E-state index in [4.69, 9.17) is 16.2 Å². The van der Waals surface area contributed by atoms with E-state index in [0.29, 0.717) is 0 Å². The molecule has 1 aromatic rings. The topological polar surface area (TPSA) is 103 Å². The predicted molar refractivity (Wildman–Crippen MR) is 83.8 cm³/mol. The SMILES string of the molecule is Nc1cc(C(=O)N[C@H]2CC[C@H](C(F)(F)F)CC2)c(OCC(F)F)nc1N. The number of anilines is 2. The van der Waals surface area contributed by atoms with Crippen molar-refractivity contribution < 1.29 is 31.5 Å². The zero-order valence-corrected chi connectivity index (χ0v) is 13.7. The second-order valence-corrected chi connectivity index (χ2v) is 6.08. The number of hydrogen-bond donors (Lipinski definition) is 3. The second kappa shape index (κ2) is 7.92. The van der Waals surface area contributed by atoms with Crippen LogP contribution in [0.5, 0.6) is 5.88 Å². The van der Waals surface area contributed by atoms with Gasteiger partial charge in [-0.15, -0.1) is 0 Å². The maximum absolute atomic E-state index is 12.7. The van der Waals surface area contributed by atoms with Gasteiger partial charge in [-0.1, -0.05) is 0 Å². The first kappa shape index (κ1) is 20.0. The third-order valence-electron chi connectivity index (χ3n) is 4.16. The highest BCUT2D eigenvalue weighted by Gasteiger charge is 2.41. The van der Waals surface area contributed by atoms with Gasteiger partial charge in [0.2, 0.25) is 5.88 Å². The smallest absolute Gasteiger partial charge is 0.391 e. The predicted octanol–water partition coefficient (Wildman–Crippen LogP) is 2.74. The van der Waals surface area contributed by atoms with E-state index in [-0.39, 0.29) is 42.8 Å². The maximum atomic E-state index is 12.7. The molecule has 1 aliphatic carbocycles. The van der Waals surface area contributed by atoms with Crippen LogP contribution in [0.15, 0.2) is 6.07 Å². The molecule has 0 unspecified atom stereocenters. The Labute approximate surface area is 146 Å². The van der Waals surface area contributed by atoms with Gasteiger partial charge in [-0.25, -0.2) is 8.78 Å². The average molecular weight is 382 g/mol. The van der Waals surface area contributed by atoms with E-state index in [0.717, 1.165) is 6.07 Å². The van der Waals surface area contributed by atoms with Crippen LogP contribution in [0.3, 0.4) is 0 Å². The van der Waals surface area contributed by atoms with Crippen LogP contribution < -0.4 is 21.5 Å². The van der Waals surface area contributed by atoms with E-state index in [1.165, 1.54) is 0 Å². The van der Waals surface area contributed by atoms with Crippen LogP contribution in [-0.4, -0.2) is 36.1 Å². The normalized spacial score (nSPS) is 20.8. The number of nitrogens with one attached hydrogen (secondary N) is 1. The second-order valence-electron chi connectivity index (χ2n) is 6.08. The molecule has 1 aromatic heterocycles. The molecule has 26 heavy (non-hydrogen) atoms. The van der Waals surface area contributed by atoms with Gasteiger partial charge in [-0.2, -0.15) is 18.2 Å². The van der Waals surface area contributed by atoms with Crippen LogP contribution in [0.4, 0.5) is 33.5 Å². The van der Waals surface area contributed by atoms with Crippen molar-refractivity contribution in [1.29, 1.82) is 0 Å². The van der Waals surface area contributed by atoms with Crippen molar-refractivity contribution in [3.8, 4) is 5.88 Å². The lowest BCUT2D eigenvalue weighted by atomic mass is 9.85. The molecule has 0 aliphatic heterocycles. The average Bonchev–Trinajstić information content (AvgIpc) is 2.55. The fraction of sp³-hybridized carbons (Fsp3) is 0.600. The first-order valence-electron chi connectivity index (χ1n) is 7.92. The highest BCUT2D eigenvalue weighted by molar-refractivity contribution is 5.98. The molecule has 0 saturated heterocycles. The molecular weight excluding hydrogens is 363 g/mol. The third kappa shape index (κ3) is 5.09. The van der Waals surface area contributed by atoms with Gasteiger partial charge in [-0.3, -0.25) is 4.79 Å². The number of pyridine rings is 1. The van der Waals surface area contributed by atoms with Crippen molar-refractivity contribution in [3.05, 3.63) is 11.6 Å². The molecule has 5 N–H and O–H groups in total. The summed E-state index contributed by atoms with van der Waals surface area (Å²) in [6.07, 6.45) is -6.91. The number of carbonyl (C=O) groups excluding carboxylic acids is 1. The standard InChI is InChI=1S/C15H19F5N4O2/c16-11(17)6-26-14-9(5-10(21)12(22)24-14)13(25)23-8-3-1-7(2-4-8)15(18,19)20/h5,7-8,11H,1-4,6,21H2,(H2,22,24)(H,23,25)/t7-,8-. The Morgan fingerprint density at radius 1 is 1.27 bits per heavy atom. The number of amides is 1. The minimum Gasteiger partial charge on any atom is -0.471 e. The molecule has 0 radical (unpaired) electrons. The van der Waals surface area contributed by atoms with Gasteiger partial charge in [0.25, 0.3) is 12.3 Å². The van der Waals surface area contributed by atoms with Crippen molar-refractivity contribution in [2.24, 2.45) is 5.92 Å². The van der Waals surface area contributed by atoms with Crippen LogP contribution in [0, 0.1) is 5.92 Å². The maximum Gasteiger partial charge on any atom is 0.391 e. The molecule has 0 atom stereocenters. The molecule has 6 nitrogen and oxygen atoms in total. The van der Waals surface area contributed by atoms with E-state index < -0.39 is 43.0 Å². The molecule has 0 spiro atoms. The number of carbonyl (C=O) groups is 1. The summed E-state index contributed by atoms with van der Waals surface area (Å²) in [5.74, 6) is -2.69. The Morgan fingerprint density at radius 2 is 1.88 bits per heavy atom. The molecule has 1 fully saturated rings. The van der Waals surface area contributed by atoms with Crippen LogP contribution in [0.2, 0.25) is 0 Å². The number of rotatable bonds is 5. The molecule has 146 valence electrons. The van der Waals surface area contributed by atoms with Crippen molar-refractivity contribution >= 4 is 17.4 Å². The number of nitrogens with two attached hydrogens (primary N) is 2. The Hall–Kier alpha value is -2.33. The minimum atomic E-state index is -4.25. The number of hydrogen-bond acceptors (Lipinski definition) is 5. The molecule has 0 aromatic carbocycles. The Balaban J connectivity index is 2.06. The van der Waals surface area contributed by atoms with Gasteiger partial charge in [0.1, 0.15) is 5.56 Å². The molecule has 0 bridgehead atoms. The van der Waals surface area contributed by atoms with Gasteiger partial charge in [-0.05, 0) is 31.7 Å². The largest absolute Gasteiger partial charge is 0.471 e. The number of ether oxygens (including phenoxy) is 1. The highest BCUT2D eigenvalue weighted by Crippen LogP contribution is 2.37. The van der Waals surface area contributed by atoms with E-state index in [9.17, 15) is 26.7 Å². The first-order valence-corrected chi connectivity index (χ1v) is 7.92. The number of nitrogen functional groups attached to an aromatic ring is 2. The summed E-state index contributed by atoms with van der Waals surface area (Å²) < 4.78 is 67.5. The summed E-state index contributed by atoms with van der Waals surface area (Å²) in [5.41, 5.74) is 10.8. The quantitative estimate of drug-likeness (QED) is 0.680. The van der Waals surface area contributed by atoms with Crippen molar-refractivity contribution in [1.82, 2.24) is 10.3 Å². The summed E-state index contributed by atoms with van der Waals surface area (Å²) in [4.78, 5) is 16.1. The lowest BCUT2D eigenvalue weighted by Crippen LogP contribution is -2.40. The summed E-state index contributed by atoms with van der Waals surface area (Å²) in [6.45, 7) is -0.993. The number of alkyl halides is 5. The van der Waals surface area contributed by atoms with Gasteiger partial charge in [0.05, 0.1) is 11.6 Å². The monoisotopic (exact) mass is 382 g/mol. The number of halogens is 5. The number of aromatic nitrogens is 1. The molecule has 1 aliphatic rings. The van der Waals surface area contributed by atoms with Crippen LogP contribution in [0.1, 0.15) is 36.0 Å². The third-order valence-corrected chi connectivity index (χ3v) is 4.16. The summed E-state index contributed by atoms with van der Waals surface area (Å²) in [6, 6.07) is 0.669. The molecule has 1 amide bonds. The molecule has 2 rings (SSSR count). The lowest BCUT2D eigenvalue weighted by molar-refractivity contribution is -0.182. The zero-order chi connectivity index (χ0) is 19.5. The lowest BCUT2D eigenvalue weighted by Gasteiger charge is -2.30. The van der Waals surface area contributed by atoms with Gasteiger partial charge in [0, 0.05) is 6.04 Å². The summed E-state index contributed by atoms with van der Waals surface area (Å²) >= 11 is 0. The molecular formula is C15H19F5N4O2. The fourth-order valence-electron chi connectivity index (χ4n) is 2.77. The summed E-state index contributed by atoms with van der Waals surface area (Å²) in [7, 11) is 0. The van der Waals surface area contributed by atoms with Crippen LogP contribution >= 0.6 is 0 Å². The number of nitrogens with zero attached hydrogens (tertiary/aromatic N) is 1. The van der Waals surface area contributed by atoms with E-state index >= 15 is 0 Å². The van der Waals surface area contributed by atoms with E-state index in [2.05, 4.69) is 10.3 Å². The molecule has 11 heteroatoms. The van der Waals surface area contributed by atoms with Crippen molar-refractivity contribution in [2.45, 2.75) is 44.3 Å². The Bertz CT molecular complexity index is 646. The minimum absolute atomic E-state index is 0.0414. The molecule has 1 heterocycles.